The van der Waals surface area contributed by atoms with Crippen LogP contribution in [0.5, 0.6) is 0 Å². The summed E-state index contributed by atoms with van der Waals surface area (Å²) in [5.41, 5.74) is 6.81. The van der Waals surface area contributed by atoms with Gasteiger partial charge in [0.2, 0.25) is 0 Å². The number of pyridine rings is 1. The summed E-state index contributed by atoms with van der Waals surface area (Å²) in [5.74, 6) is 6.54. The molecule has 0 amide bonds. The molecule has 0 aromatic carbocycles. The van der Waals surface area contributed by atoms with Crippen molar-refractivity contribution in [2.75, 3.05) is 5.73 Å². The van der Waals surface area contributed by atoms with Gasteiger partial charge in [-0.15, -0.1) is 11.8 Å². The second-order valence-corrected chi connectivity index (χ2v) is 2.83. The number of nitrogen functional groups attached to an aromatic ring is 1. The summed E-state index contributed by atoms with van der Waals surface area (Å²) >= 11 is 0. The van der Waals surface area contributed by atoms with Gasteiger partial charge in [-0.25, -0.2) is 4.98 Å². The highest BCUT2D eigenvalue weighted by Gasteiger charge is 1.96. The number of aromatic nitrogens is 1. The Kier molecular flexibility index (Phi) is 3.84. The molecule has 0 aliphatic heterocycles. The zero-order chi connectivity index (χ0) is 9.52. The van der Waals surface area contributed by atoms with E-state index in [2.05, 4.69) is 16.8 Å². The Labute approximate surface area is 79.2 Å². The fourth-order valence-corrected chi connectivity index (χ4v) is 1.15. The molecule has 2 N–H and O–H groups in total. The lowest BCUT2D eigenvalue weighted by atomic mass is 10.1. The summed E-state index contributed by atoms with van der Waals surface area (Å²) in [6.45, 7) is 1.86. The molecule has 1 heterocycles. The highest BCUT2D eigenvalue weighted by atomic mass is 14.8. The van der Waals surface area contributed by atoms with Gasteiger partial charge < -0.3 is 5.73 Å². The van der Waals surface area contributed by atoms with Gasteiger partial charge in [-0.3, -0.25) is 0 Å². The molecule has 13 heavy (non-hydrogen) atoms. The molecule has 0 spiro atoms. The van der Waals surface area contributed by atoms with E-state index >= 15 is 0 Å². The van der Waals surface area contributed by atoms with Gasteiger partial charge in [0.15, 0.2) is 0 Å². The van der Waals surface area contributed by atoms with E-state index in [0.29, 0.717) is 5.82 Å². The van der Waals surface area contributed by atoms with Gasteiger partial charge in [-0.05, 0) is 31.4 Å². The Bertz CT molecular complexity index is 320. The molecule has 0 unspecified atom stereocenters. The van der Waals surface area contributed by atoms with Crippen molar-refractivity contribution in [3.05, 3.63) is 23.9 Å². The molecule has 2 heteroatoms. The molecule has 0 saturated heterocycles. The number of anilines is 1. The lowest BCUT2D eigenvalue weighted by molar-refractivity contribution is 0.855. The number of nitrogens with zero attached hydrogens (tertiary/aromatic N) is 1. The first-order valence-electron chi connectivity index (χ1n) is 4.43. The van der Waals surface area contributed by atoms with Crippen LogP contribution in [0, 0.1) is 11.8 Å². The van der Waals surface area contributed by atoms with Gasteiger partial charge in [-0.1, -0.05) is 6.07 Å². The largest absolute Gasteiger partial charge is 0.383 e. The molecular weight excluding hydrogens is 160 g/mol. The lowest BCUT2D eigenvalue weighted by Gasteiger charge is -2.01. The zero-order valence-electron chi connectivity index (χ0n) is 7.88. The van der Waals surface area contributed by atoms with Gasteiger partial charge in [-0.2, -0.15) is 0 Å². The predicted molar refractivity (Wildman–Crippen MR) is 55.0 cm³/mol. The van der Waals surface area contributed by atoms with E-state index in [1.54, 1.807) is 6.20 Å². The van der Waals surface area contributed by atoms with Crippen LogP contribution >= 0.6 is 0 Å². The quantitative estimate of drug-likeness (QED) is 0.562. The molecule has 0 aliphatic carbocycles. The van der Waals surface area contributed by atoms with Crippen LogP contribution in [0.25, 0.3) is 0 Å². The normalized spacial score (nSPS) is 9.00. The van der Waals surface area contributed by atoms with Crippen LogP contribution in [0.4, 0.5) is 5.82 Å². The zero-order valence-corrected chi connectivity index (χ0v) is 7.88. The SMILES string of the molecule is CC#CCCCc1cccnc1N. The molecule has 0 aliphatic rings. The van der Waals surface area contributed by atoms with Crippen LogP contribution in [0.3, 0.4) is 0 Å². The molecule has 0 saturated carbocycles. The van der Waals surface area contributed by atoms with Gasteiger partial charge in [0.25, 0.3) is 0 Å². The highest BCUT2D eigenvalue weighted by molar-refractivity contribution is 5.38. The molecule has 1 aromatic rings. The van der Waals surface area contributed by atoms with E-state index in [9.17, 15) is 0 Å². The lowest BCUT2D eigenvalue weighted by Crippen LogP contribution is -1.96. The third-order valence-electron chi connectivity index (χ3n) is 1.85. The minimum absolute atomic E-state index is 0.645. The Morgan fingerprint density at radius 2 is 2.38 bits per heavy atom. The van der Waals surface area contributed by atoms with Crippen molar-refractivity contribution in [1.82, 2.24) is 4.98 Å². The summed E-state index contributed by atoms with van der Waals surface area (Å²) in [4.78, 5) is 4.02. The number of unbranched alkanes of at least 4 members (excludes halogenated alkanes) is 1. The van der Waals surface area contributed by atoms with Crippen LogP contribution in [0.1, 0.15) is 25.3 Å². The van der Waals surface area contributed by atoms with E-state index in [1.807, 2.05) is 19.1 Å². The van der Waals surface area contributed by atoms with Gasteiger partial charge in [0, 0.05) is 12.6 Å². The van der Waals surface area contributed by atoms with Crippen LogP contribution in [-0.2, 0) is 6.42 Å². The van der Waals surface area contributed by atoms with Gasteiger partial charge in [0.1, 0.15) is 5.82 Å². The molecule has 0 bridgehead atoms. The van der Waals surface area contributed by atoms with E-state index in [0.717, 1.165) is 24.8 Å². The Balaban J connectivity index is 2.44. The number of rotatable bonds is 3. The first-order chi connectivity index (χ1) is 6.34. The minimum atomic E-state index is 0.645. The number of hydrogen-bond acceptors (Lipinski definition) is 2. The fourth-order valence-electron chi connectivity index (χ4n) is 1.15. The smallest absolute Gasteiger partial charge is 0.126 e. The molecule has 0 atom stereocenters. The Morgan fingerprint density at radius 3 is 3.08 bits per heavy atom. The van der Waals surface area contributed by atoms with Crippen LogP contribution < -0.4 is 5.73 Å². The van der Waals surface area contributed by atoms with Crippen LogP contribution in [-0.4, -0.2) is 4.98 Å². The summed E-state index contributed by atoms with van der Waals surface area (Å²) in [6.07, 6.45) is 4.67. The summed E-state index contributed by atoms with van der Waals surface area (Å²) < 4.78 is 0. The maximum Gasteiger partial charge on any atom is 0.126 e. The minimum Gasteiger partial charge on any atom is -0.383 e. The molecule has 0 radical (unpaired) electrons. The highest BCUT2D eigenvalue weighted by Crippen LogP contribution is 2.10. The average molecular weight is 174 g/mol. The maximum atomic E-state index is 5.69. The van der Waals surface area contributed by atoms with Crippen molar-refractivity contribution < 1.29 is 0 Å². The first kappa shape index (κ1) is 9.60. The average Bonchev–Trinajstić information content (AvgIpc) is 2.15. The standard InChI is InChI=1S/C11H14N2/c1-2-3-4-5-7-10-8-6-9-13-11(10)12/h6,8-9H,4-5,7H2,1H3,(H2,12,13). The Morgan fingerprint density at radius 1 is 1.54 bits per heavy atom. The van der Waals surface area contributed by atoms with E-state index in [-0.39, 0.29) is 0 Å². The molecule has 68 valence electrons. The Hall–Kier alpha value is -1.49. The van der Waals surface area contributed by atoms with Crippen molar-refractivity contribution in [2.24, 2.45) is 0 Å². The number of nitrogens with two attached hydrogens (primary N) is 1. The fraction of sp³-hybridized carbons (Fsp3) is 0.364. The maximum absolute atomic E-state index is 5.69. The van der Waals surface area contributed by atoms with Gasteiger partial charge >= 0.3 is 0 Å². The third kappa shape index (κ3) is 3.16. The van der Waals surface area contributed by atoms with E-state index < -0.39 is 0 Å². The van der Waals surface area contributed by atoms with Crippen molar-refractivity contribution >= 4 is 5.82 Å². The van der Waals surface area contributed by atoms with Crippen LogP contribution in [0.15, 0.2) is 18.3 Å². The topological polar surface area (TPSA) is 38.9 Å². The van der Waals surface area contributed by atoms with Gasteiger partial charge in [0.05, 0.1) is 0 Å². The predicted octanol–water partition coefficient (Wildman–Crippen LogP) is 2.01. The van der Waals surface area contributed by atoms with Crippen LogP contribution in [0.2, 0.25) is 0 Å². The molecular formula is C11H14N2. The van der Waals surface area contributed by atoms with Crippen molar-refractivity contribution in [3.63, 3.8) is 0 Å². The van der Waals surface area contributed by atoms with Crippen molar-refractivity contribution in [1.29, 1.82) is 0 Å². The number of hydrogen-bond donors (Lipinski definition) is 1. The summed E-state index contributed by atoms with van der Waals surface area (Å²) in [7, 11) is 0. The number of aryl methyl sites for hydroxylation is 1. The van der Waals surface area contributed by atoms with Crippen molar-refractivity contribution in [2.45, 2.75) is 26.2 Å². The molecule has 1 rings (SSSR count). The monoisotopic (exact) mass is 174 g/mol. The first-order valence-corrected chi connectivity index (χ1v) is 4.43. The summed E-state index contributed by atoms with van der Waals surface area (Å²) in [5, 5.41) is 0. The molecule has 2 nitrogen and oxygen atoms in total. The van der Waals surface area contributed by atoms with E-state index in [4.69, 9.17) is 5.73 Å². The summed E-state index contributed by atoms with van der Waals surface area (Å²) in [6, 6.07) is 3.93. The molecule has 0 fully saturated rings. The molecule has 1 aromatic heterocycles. The second-order valence-electron chi connectivity index (χ2n) is 2.83. The second kappa shape index (κ2) is 5.21. The van der Waals surface area contributed by atoms with Crippen molar-refractivity contribution in [3.8, 4) is 11.8 Å². The third-order valence-corrected chi connectivity index (χ3v) is 1.85. The van der Waals surface area contributed by atoms with E-state index in [1.165, 1.54) is 0 Å².